The molecule has 3 nitrogen and oxygen atoms in total. The first-order valence-electron chi connectivity index (χ1n) is 6.20. The molecular weight excluding hydrogens is 226 g/mol. The summed E-state index contributed by atoms with van der Waals surface area (Å²) in [5, 5.41) is 3.35. The van der Waals surface area contributed by atoms with Crippen molar-refractivity contribution in [1.82, 2.24) is 5.32 Å². The molecule has 94 valence electrons. The maximum absolute atomic E-state index is 5.46. The Morgan fingerprint density at radius 3 is 2.72 bits per heavy atom. The number of hydrogen-bond donors (Lipinski definition) is 1. The van der Waals surface area contributed by atoms with Gasteiger partial charge >= 0.3 is 0 Å². The summed E-state index contributed by atoms with van der Waals surface area (Å²) in [6.45, 7) is 3.46. The molecule has 1 aliphatic rings. The molecule has 2 aromatic rings. The molecule has 0 aliphatic carbocycles. The topological polar surface area (TPSA) is 34.4 Å². The van der Waals surface area contributed by atoms with Crippen molar-refractivity contribution >= 4 is 0 Å². The zero-order valence-corrected chi connectivity index (χ0v) is 10.7. The van der Waals surface area contributed by atoms with Gasteiger partial charge in [0.05, 0.1) is 25.5 Å². The van der Waals surface area contributed by atoms with Crippen LogP contribution in [0, 0.1) is 6.92 Å². The number of ether oxygens (including phenoxy) is 1. The van der Waals surface area contributed by atoms with Gasteiger partial charge in [-0.2, -0.15) is 0 Å². The quantitative estimate of drug-likeness (QED) is 0.900. The second-order valence-electron chi connectivity index (χ2n) is 4.67. The maximum Gasteiger partial charge on any atom is 0.105 e. The zero-order valence-electron chi connectivity index (χ0n) is 10.7. The lowest BCUT2D eigenvalue weighted by molar-refractivity contribution is 0.134. The van der Waals surface area contributed by atoms with Crippen LogP contribution in [0.5, 0.6) is 0 Å². The molecule has 0 bridgehead atoms. The minimum absolute atomic E-state index is 0.176. The Hall–Kier alpha value is -1.58. The Morgan fingerprint density at radius 2 is 2.00 bits per heavy atom. The van der Waals surface area contributed by atoms with Crippen LogP contribution in [-0.2, 0) is 18.0 Å². The highest BCUT2D eigenvalue weighted by Gasteiger charge is 2.19. The van der Waals surface area contributed by atoms with Crippen molar-refractivity contribution in [2.45, 2.75) is 26.2 Å². The monoisotopic (exact) mass is 243 g/mol. The molecular formula is C15H17NO2. The van der Waals surface area contributed by atoms with E-state index >= 15 is 0 Å². The van der Waals surface area contributed by atoms with Gasteiger partial charge in [-0.15, -0.1) is 0 Å². The number of furan rings is 1. The minimum atomic E-state index is 0.176. The first-order chi connectivity index (χ1) is 8.79. The highest BCUT2D eigenvalue weighted by atomic mass is 16.5. The molecule has 3 heteroatoms. The summed E-state index contributed by atoms with van der Waals surface area (Å²) < 4.78 is 10.9. The van der Waals surface area contributed by atoms with Gasteiger partial charge in [0.25, 0.3) is 0 Å². The third-order valence-corrected chi connectivity index (χ3v) is 3.58. The van der Waals surface area contributed by atoms with Crippen LogP contribution < -0.4 is 5.32 Å². The average Bonchev–Trinajstić information content (AvgIpc) is 2.99. The Bertz CT molecular complexity index is 559. The Balaban J connectivity index is 2.00. The van der Waals surface area contributed by atoms with E-state index in [0.29, 0.717) is 0 Å². The van der Waals surface area contributed by atoms with Crippen LogP contribution >= 0.6 is 0 Å². The van der Waals surface area contributed by atoms with Crippen molar-refractivity contribution in [2.75, 3.05) is 7.05 Å². The van der Waals surface area contributed by atoms with Crippen LogP contribution in [0.25, 0.3) is 0 Å². The molecule has 1 N–H and O–H groups in total. The van der Waals surface area contributed by atoms with Crippen molar-refractivity contribution in [3.63, 3.8) is 0 Å². The van der Waals surface area contributed by atoms with E-state index in [1.165, 1.54) is 22.3 Å². The predicted molar refractivity (Wildman–Crippen MR) is 69.3 cm³/mol. The molecule has 1 atom stereocenters. The first kappa shape index (κ1) is 11.5. The predicted octanol–water partition coefficient (Wildman–Crippen LogP) is 2.93. The van der Waals surface area contributed by atoms with Gasteiger partial charge in [0.15, 0.2) is 0 Å². The second-order valence-corrected chi connectivity index (χ2v) is 4.67. The molecule has 0 saturated heterocycles. The van der Waals surface area contributed by atoms with E-state index in [-0.39, 0.29) is 6.04 Å². The van der Waals surface area contributed by atoms with E-state index in [1.807, 2.05) is 20.0 Å². The molecule has 3 rings (SSSR count). The fraction of sp³-hybridized carbons (Fsp3) is 0.333. The summed E-state index contributed by atoms with van der Waals surface area (Å²) >= 11 is 0. The standard InChI is InChI=1S/C15H17NO2/c1-10-14(5-6-18-10)15(16-2)11-3-4-12-8-17-9-13(12)7-11/h3-7,15-16H,8-9H2,1-2H3. The number of benzene rings is 1. The number of fused-ring (bicyclic) bond motifs is 1. The molecule has 0 spiro atoms. The second kappa shape index (κ2) is 4.59. The Morgan fingerprint density at radius 1 is 1.17 bits per heavy atom. The lowest BCUT2D eigenvalue weighted by Gasteiger charge is -2.17. The lowest BCUT2D eigenvalue weighted by Crippen LogP contribution is -2.18. The van der Waals surface area contributed by atoms with E-state index in [1.54, 1.807) is 6.26 Å². The summed E-state index contributed by atoms with van der Waals surface area (Å²) in [6, 6.07) is 8.77. The normalized spacial score (nSPS) is 15.7. The third-order valence-electron chi connectivity index (χ3n) is 3.58. The summed E-state index contributed by atoms with van der Waals surface area (Å²) in [5.74, 6) is 0.964. The molecule has 0 saturated carbocycles. The molecule has 1 aromatic carbocycles. The summed E-state index contributed by atoms with van der Waals surface area (Å²) in [6.07, 6.45) is 1.74. The number of aryl methyl sites for hydroxylation is 1. The molecule has 1 unspecified atom stereocenters. The highest BCUT2D eigenvalue weighted by Crippen LogP contribution is 2.29. The van der Waals surface area contributed by atoms with Crippen molar-refractivity contribution in [3.05, 3.63) is 58.5 Å². The van der Waals surface area contributed by atoms with E-state index < -0.39 is 0 Å². The van der Waals surface area contributed by atoms with Crippen molar-refractivity contribution < 1.29 is 9.15 Å². The van der Waals surface area contributed by atoms with Crippen molar-refractivity contribution in [3.8, 4) is 0 Å². The summed E-state index contributed by atoms with van der Waals surface area (Å²) in [4.78, 5) is 0. The van der Waals surface area contributed by atoms with Gasteiger partial charge in [0, 0.05) is 5.56 Å². The zero-order chi connectivity index (χ0) is 12.5. The third kappa shape index (κ3) is 1.85. The highest BCUT2D eigenvalue weighted by molar-refractivity contribution is 5.39. The largest absolute Gasteiger partial charge is 0.469 e. The van der Waals surface area contributed by atoms with Crippen molar-refractivity contribution in [2.24, 2.45) is 0 Å². The van der Waals surface area contributed by atoms with Gasteiger partial charge in [0.2, 0.25) is 0 Å². The average molecular weight is 243 g/mol. The number of rotatable bonds is 3. The van der Waals surface area contributed by atoms with Gasteiger partial charge in [-0.05, 0) is 36.7 Å². The Labute approximate surface area is 107 Å². The molecule has 2 heterocycles. The summed E-state index contributed by atoms with van der Waals surface area (Å²) in [7, 11) is 1.97. The van der Waals surface area contributed by atoms with Gasteiger partial charge in [0.1, 0.15) is 5.76 Å². The molecule has 1 aromatic heterocycles. The molecule has 0 radical (unpaired) electrons. The van der Waals surface area contributed by atoms with Crippen LogP contribution in [0.2, 0.25) is 0 Å². The van der Waals surface area contributed by atoms with Crippen LogP contribution in [-0.4, -0.2) is 7.05 Å². The smallest absolute Gasteiger partial charge is 0.105 e. The lowest BCUT2D eigenvalue weighted by atomic mass is 9.96. The Kier molecular flexibility index (Phi) is 2.94. The number of nitrogens with one attached hydrogen (secondary N) is 1. The van der Waals surface area contributed by atoms with Gasteiger partial charge in [-0.3, -0.25) is 0 Å². The van der Waals surface area contributed by atoms with E-state index in [9.17, 15) is 0 Å². The van der Waals surface area contributed by atoms with Gasteiger partial charge in [-0.25, -0.2) is 0 Å². The van der Waals surface area contributed by atoms with Crippen molar-refractivity contribution in [1.29, 1.82) is 0 Å². The minimum Gasteiger partial charge on any atom is -0.469 e. The first-order valence-corrected chi connectivity index (χ1v) is 6.20. The van der Waals surface area contributed by atoms with Crippen LogP contribution in [0.15, 0.2) is 34.9 Å². The van der Waals surface area contributed by atoms with E-state index in [0.717, 1.165) is 19.0 Å². The fourth-order valence-corrected chi connectivity index (χ4v) is 2.57. The molecule has 18 heavy (non-hydrogen) atoms. The van der Waals surface area contributed by atoms with E-state index in [2.05, 4.69) is 23.5 Å². The molecule has 1 aliphatic heterocycles. The van der Waals surface area contributed by atoms with Gasteiger partial charge in [-0.1, -0.05) is 18.2 Å². The molecule has 0 amide bonds. The number of hydrogen-bond acceptors (Lipinski definition) is 3. The fourth-order valence-electron chi connectivity index (χ4n) is 2.57. The van der Waals surface area contributed by atoms with Gasteiger partial charge < -0.3 is 14.5 Å². The maximum atomic E-state index is 5.46. The van der Waals surface area contributed by atoms with Crippen LogP contribution in [0.3, 0.4) is 0 Å². The summed E-state index contributed by atoms with van der Waals surface area (Å²) in [5.41, 5.74) is 5.05. The SMILES string of the molecule is CNC(c1ccc2c(c1)COC2)c1ccoc1C. The van der Waals surface area contributed by atoms with Crippen LogP contribution in [0.4, 0.5) is 0 Å². The molecule has 0 fully saturated rings. The van der Waals surface area contributed by atoms with Crippen LogP contribution in [0.1, 0.15) is 34.1 Å². The van der Waals surface area contributed by atoms with E-state index in [4.69, 9.17) is 9.15 Å².